The Morgan fingerprint density at radius 1 is 1.00 bits per heavy atom. The zero-order chi connectivity index (χ0) is 29.9. The summed E-state index contributed by atoms with van der Waals surface area (Å²) in [6, 6.07) is 20.5. The van der Waals surface area contributed by atoms with Crippen molar-refractivity contribution in [3.8, 4) is 0 Å². The third kappa shape index (κ3) is 6.62. The average Bonchev–Trinajstić information content (AvgIpc) is 3.37. The van der Waals surface area contributed by atoms with E-state index in [1.165, 1.54) is 5.56 Å². The number of benzene rings is 3. The molecule has 0 radical (unpaired) electrons. The molecule has 2 atom stereocenters. The van der Waals surface area contributed by atoms with Crippen molar-refractivity contribution < 1.29 is 14.0 Å². The summed E-state index contributed by atoms with van der Waals surface area (Å²) >= 11 is 0. The van der Waals surface area contributed by atoms with Crippen molar-refractivity contribution in [1.82, 2.24) is 15.0 Å². The first-order chi connectivity index (χ1) is 19.3. The standard InChI is InChI=1S/C34H45N3O3Si/c1-10-37-30-19-18-29(24(3)32(30)35-36-37)31(25(4)33(38)39-21-26-14-12-11-13-15-26)27-17-16-23(2)28(20-27)22-40-41(8,9)34(5,6)7/h11-20,25,31H,10,21-22H2,1-9H3/t25?,31-/m1/s1. The smallest absolute Gasteiger partial charge is 0.309 e. The highest BCUT2D eigenvalue weighted by molar-refractivity contribution is 6.74. The van der Waals surface area contributed by atoms with Gasteiger partial charge in [-0.1, -0.05) is 87.5 Å². The summed E-state index contributed by atoms with van der Waals surface area (Å²) in [4.78, 5) is 13.6. The largest absolute Gasteiger partial charge is 0.461 e. The van der Waals surface area contributed by atoms with Crippen LogP contribution in [0.4, 0.5) is 0 Å². The summed E-state index contributed by atoms with van der Waals surface area (Å²) in [6.07, 6.45) is 0. The van der Waals surface area contributed by atoms with Crippen LogP contribution in [0.5, 0.6) is 0 Å². The molecule has 0 saturated heterocycles. The van der Waals surface area contributed by atoms with Gasteiger partial charge in [-0.2, -0.15) is 0 Å². The Kier molecular flexibility index (Phi) is 9.19. The van der Waals surface area contributed by atoms with E-state index < -0.39 is 14.2 Å². The topological polar surface area (TPSA) is 66.2 Å². The predicted octanol–water partition coefficient (Wildman–Crippen LogP) is 8.10. The van der Waals surface area contributed by atoms with Gasteiger partial charge in [0.25, 0.3) is 0 Å². The average molecular weight is 572 g/mol. The lowest BCUT2D eigenvalue weighted by atomic mass is 9.79. The second kappa shape index (κ2) is 12.3. The summed E-state index contributed by atoms with van der Waals surface area (Å²) < 4.78 is 14.4. The van der Waals surface area contributed by atoms with Crippen LogP contribution in [0.3, 0.4) is 0 Å². The Bertz CT molecular complexity index is 1510. The second-order valence-corrected chi connectivity index (χ2v) is 17.5. The molecule has 0 amide bonds. The highest BCUT2D eigenvalue weighted by atomic mass is 28.4. The first kappa shape index (κ1) is 30.7. The fourth-order valence-corrected chi connectivity index (χ4v) is 5.95. The number of carbonyl (C=O) groups is 1. The molecule has 1 unspecified atom stereocenters. The third-order valence-electron chi connectivity index (χ3n) is 8.84. The molecule has 7 heteroatoms. The summed E-state index contributed by atoms with van der Waals surface area (Å²) in [5.41, 5.74) is 8.34. The number of fused-ring (bicyclic) bond motifs is 1. The lowest BCUT2D eigenvalue weighted by Gasteiger charge is -2.36. The molecule has 6 nitrogen and oxygen atoms in total. The van der Waals surface area contributed by atoms with E-state index >= 15 is 0 Å². The van der Waals surface area contributed by atoms with Crippen LogP contribution in [0.15, 0.2) is 60.7 Å². The van der Waals surface area contributed by atoms with E-state index in [0.29, 0.717) is 6.61 Å². The summed E-state index contributed by atoms with van der Waals surface area (Å²) in [7, 11) is -1.93. The van der Waals surface area contributed by atoms with Crippen LogP contribution in [0.1, 0.15) is 73.9 Å². The van der Waals surface area contributed by atoms with Crippen LogP contribution >= 0.6 is 0 Å². The van der Waals surface area contributed by atoms with Gasteiger partial charge in [-0.15, -0.1) is 5.10 Å². The zero-order valence-electron chi connectivity index (χ0n) is 26.1. The Labute approximate surface area is 246 Å². The number of esters is 1. The molecule has 0 aliphatic rings. The number of hydrogen-bond acceptors (Lipinski definition) is 5. The van der Waals surface area contributed by atoms with Crippen LogP contribution in [0.25, 0.3) is 11.0 Å². The van der Waals surface area contributed by atoms with Gasteiger partial charge in [0.1, 0.15) is 12.1 Å². The number of aryl methyl sites for hydroxylation is 3. The molecule has 218 valence electrons. The molecule has 1 aromatic heterocycles. The van der Waals surface area contributed by atoms with Crippen LogP contribution in [-0.4, -0.2) is 29.3 Å². The number of aromatic nitrogens is 3. The first-order valence-electron chi connectivity index (χ1n) is 14.6. The molecular formula is C34H45N3O3Si. The zero-order valence-corrected chi connectivity index (χ0v) is 27.1. The molecule has 4 aromatic rings. The fourth-order valence-electron chi connectivity index (χ4n) is 5.00. The minimum Gasteiger partial charge on any atom is -0.461 e. The molecule has 1 heterocycles. The predicted molar refractivity (Wildman–Crippen MR) is 168 cm³/mol. The van der Waals surface area contributed by atoms with Gasteiger partial charge in [0.2, 0.25) is 0 Å². The lowest BCUT2D eigenvalue weighted by Crippen LogP contribution is -2.40. The molecule has 0 fully saturated rings. The van der Waals surface area contributed by atoms with Gasteiger partial charge in [-0.05, 0) is 78.4 Å². The molecule has 0 N–H and O–H groups in total. The second-order valence-electron chi connectivity index (χ2n) is 12.6. The van der Waals surface area contributed by atoms with Gasteiger partial charge >= 0.3 is 5.97 Å². The number of ether oxygens (including phenoxy) is 1. The highest BCUT2D eigenvalue weighted by Gasteiger charge is 2.37. The van der Waals surface area contributed by atoms with Crippen molar-refractivity contribution in [2.45, 2.75) is 92.3 Å². The number of nitrogens with zero attached hydrogens (tertiary/aromatic N) is 3. The van der Waals surface area contributed by atoms with Crippen molar-refractivity contribution in [1.29, 1.82) is 0 Å². The van der Waals surface area contributed by atoms with E-state index in [1.54, 1.807) is 0 Å². The van der Waals surface area contributed by atoms with Crippen molar-refractivity contribution in [2.75, 3.05) is 0 Å². The Morgan fingerprint density at radius 3 is 2.37 bits per heavy atom. The van der Waals surface area contributed by atoms with Crippen LogP contribution < -0.4 is 0 Å². The van der Waals surface area contributed by atoms with Gasteiger partial charge in [0.05, 0.1) is 18.0 Å². The molecular weight excluding hydrogens is 526 g/mol. The van der Waals surface area contributed by atoms with Gasteiger partial charge in [-0.25, -0.2) is 4.68 Å². The normalized spacial score (nSPS) is 13.8. The Hall–Kier alpha value is -3.29. The summed E-state index contributed by atoms with van der Waals surface area (Å²) in [5, 5.41) is 8.97. The van der Waals surface area contributed by atoms with E-state index in [9.17, 15) is 4.79 Å². The number of rotatable bonds is 10. The van der Waals surface area contributed by atoms with Gasteiger partial charge in [0, 0.05) is 12.5 Å². The van der Waals surface area contributed by atoms with Gasteiger partial charge < -0.3 is 9.16 Å². The lowest BCUT2D eigenvalue weighted by molar-refractivity contribution is -0.149. The van der Waals surface area contributed by atoms with Gasteiger partial charge in [0.15, 0.2) is 8.32 Å². The van der Waals surface area contributed by atoms with Gasteiger partial charge in [-0.3, -0.25) is 4.79 Å². The maximum Gasteiger partial charge on any atom is 0.309 e. The molecule has 4 rings (SSSR count). The van der Waals surface area contributed by atoms with Crippen molar-refractivity contribution in [3.05, 3.63) is 94.0 Å². The number of carbonyl (C=O) groups excluding carboxylic acids is 1. The highest BCUT2D eigenvalue weighted by Crippen LogP contribution is 2.39. The van der Waals surface area contributed by atoms with E-state index in [0.717, 1.165) is 45.4 Å². The SMILES string of the molecule is CCn1nnc2c(C)c([C@@H](c3ccc(C)c(CO[Si](C)(C)C(C)(C)C)c3)C(C)C(=O)OCc3ccccc3)ccc21. The van der Waals surface area contributed by atoms with Crippen molar-refractivity contribution in [3.63, 3.8) is 0 Å². The maximum atomic E-state index is 13.6. The van der Waals surface area contributed by atoms with Crippen LogP contribution in [0, 0.1) is 19.8 Å². The quantitative estimate of drug-likeness (QED) is 0.142. The van der Waals surface area contributed by atoms with E-state index in [-0.39, 0.29) is 23.5 Å². The van der Waals surface area contributed by atoms with Crippen molar-refractivity contribution >= 4 is 25.3 Å². The Balaban J connectivity index is 1.73. The van der Waals surface area contributed by atoms with E-state index in [2.05, 4.69) is 95.3 Å². The number of hydrogen-bond donors (Lipinski definition) is 0. The van der Waals surface area contributed by atoms with Crippen LogP contribution in [-0.2, 0) is 33.7 Å². The third-order valence-corrected chi connectivity index (χ3v) is 13.3. The molecule has 3 aromatic carbocycles. The first-order valence-corrected chi connectivity index (χ1v) is 17.5. The summed E-state index contributed by atoms with van der Waals surface area (Å²) in [5.74, 6) is -0.871. The fraction of sp³-hybridized carbons (Fsp3) is 0.441. The minimum absolute atomic E-state index is 0.126. The summed E-state index contributed by atoms with van der Waals surface area (Å²) in [6.45, 7) is 21.1. The maximum absolute atomic E-state index is 13.6. The molecule has 0 bridgehead atoms. The van der Waals surface area contributed by atoms with Crippen molar-refractivity contribution in [2.24, 2.45) is 5.92 Å². The minimum atomic E-state index is -1.93. The Morgan fingerprint density at radius 2 is 1.71 bits per heavy atom. The monoisotopic (exact) mass is 571 g/mol. The molecule has 0 aliphatic heterocycles. The van der Waals surface area contributed by atoms with E-state index in [1.807, 2.05) is 41.9 Å². The molecule has 0 spiro atoms. The van der Waals surface area contributed by atoms with Crippen LogP contribution in [0.2, 0.25) is 18.1 Å². The molecule has 41 heavy (non-hydrogen) atoms. The molecule has 0 aliphatic carbocycles. The molecule has 0 saturated carbocycles. The van der Waals surface area contributed by atoms with E-state index in [4.69, 9.17) is 9.16 Å².